The number of nitrogens with one attached hydrogen (secondary N) is 1. The van der Waals surface area contributed by atoms with Crippen molar-refractivity contribution in [2.75, 3.05) is 18.6 Å². The summed E-state index contributed by atoms with van der Waals surface area (Å²) < 4.78 is 0. The number of aromatic nitrogens is 2. The third kappa shape index (κ3) is 5.75. The van der Waals surface area contributed by atoms with Gasteiger partial charge in [0.05, 0.1) is 11.3 Å². The summed E-state index contributed by atoms with van der Waals surface area (Å²) in [4.78, 5) is 22.8. The third-order valence-electron chi connectivity index (χ3n) is 3.63. The maximum absolute atomic E-state index is 12.5. The quantitative estimate of drug-likeness (QED) is 0.417. The highest BCUT2D eigenvalue weighted by molar-refractivity contribution is 7.99. The van der Waals surface area contributed by atoms with Crippen LogP contribution in [-0.2, 0) is 0 Å². The van der Waals surface area contributed by atoms with E-state index in [4.69, 9.17) is 0 Å². The van der Waals surface area contributed by atoms with Gasteiger partial charge in [-0.2, -0.15) is 0 Å². The van der Waals surface area contributed by atoms with Crippen LogP contribution in [0, 0.1) is 6.92 Å². The van der Waals surface area contributed by atoms with Crippen molar-refractivity contribution in [2.45, 2.75) is 43.0 Å². The molecule has 0 fully saturated rings. The fraction of sp³-hybridized carbons (Fsp3) is 0.421. The maximum Gasteiger partial charge on any atom is 0.255 e. The van der Waals surface area contributed by atoms with Crippen LogP contribution < -0.4 is 5.32 Å². The molecule has 134 valence electrons. The Balaban J connectivity index is 1.90. The van der Waals surface area contributed by atoms with Gasteiger partial charge in [-0.3, -0.25) is 4.79 Å². The second-order valence-corrected chi connectivity index (χ2v) is 7.94. The zero-order valence-electron chi connectivity index (χ0n) is 15.2. The molecular weight excluding hydrogens is 350 g/mol. The zero-order valence-corrected chi connectivity index (χ0v) is 16.8. The van der Waals surface area contributed by atoms with Crippen LogP contribution in [0.15, 0.2) is 40.3 Å². The van der Waals surface area contributed by atoms with E-state index in [0.29, 0.717) is 12.1 Å². The minimum absolute atomic E-state index is 0.0816. The second kappa shape index (κ2) is 9.82. The summed E-state index contributed by atoms with van der Waals surface area (Å²) in [7, 11) is 0. The number of benzene rings is 1. The van der Waals surface area contributed by atoms with E-state index in [1.165, 1.54) is 16.7 Å². The average molecular weight is 376 g/mol. The predicted molar refractivity (Wildman–Crippen MR) is 107 cm³/mol. The second-order valence-electron chi connectivity index (χ2n) is 5.98. The number of nitrogens with zero attached hydrogens (tertiary/aromatic N) is 2. The van der Waals surface area contributed by atoms with Crippen LogP contribution in [0.2, 0.25) is 0 Å². The van der Waals surface area contributed by atoms with Crippen LogP contribution in [0.3, 0.4) is 0 Å². The molecule has 0 aliphatic carbocycles. The van der Waals surface area contributed by atoms with E-state index in [9.17, 15) is 4.79 Å². The minimum atomic E-state index is -0.0816. The Kier molecular flexibility index (Phi) is 7.78. The lowest BCUT2D eigenvalue weighted by molar-refractivity contribution is 0.0949. The van der Waals surface area contributed by atoms with Gasteiger partial charge in [0, 0.05) is 17.4 Å². The third-order valence-corrected chi connectivity index (χ3v) is 5.41. The summed E-state index contributed by atoms with van der Waals surface area (Å²) in [5.41, 5.74) is 1.35. The normalized spacial score (nSPS) is 10.9. The summed E-state index contributed by atoms with van der Waals surface area (Å²) in [5, 5.41) is 3.76. The van der Waals surface area contributed by atoms with Crippen LogP contribution in [0.5, 0.6) is 0 Å². The highest BCUT2D eigenvalue weighted by atomic mass is 32.2. The number of aryl methyl sites for hydroxylation is 1. The molecule has 2 aromatic rings. The van der Waals surface area contributed by atoms with Gasteiger partial charge < -0.3 is 5.32 Å². The molecule has 1 heterocycles. The number of carbonyl (C=O) groups is 1. The number of carbonyl (C=O) groups excluding carboxylic acids is 1. The van der Waals surface area contributed by atoms with Crippen LogP contribution in [-0.4, -0.2) is 34.4 Å². The molecule has 6 heteroatoms. The molecule has 0 saturated carbocycles. The van der Waals surface area contributed by atoms with Crippen molar-refractivity contribution in [1.29, 1.82) is 0 Å². The summed E-state index contributed by atoms with van der Waals surface area (Å²) in [6, 6.07) is 10.3. The van der Waals surface area contributed by atoms with Crippen molar-refractivity contribution >= 4 is 29.4 Å². The molecule has 0 aliphatic heterocycles. The molecular formula is C19H25N3OS2. The Morgan fingerprint density at radius 2 is 1.92 bits per heavy atom. The SMILES string of the molecule is CSc1nc(C(C)C)nc(C)c1C(=O)NCCCSc1ccccc1. The Morgan fingerprint density at radius 1 is 1.20 bits per heavy atom. The van der Waals surface area contributed by atoms with Gasteiger partial charge in [-0.25, -0.2) is 9.97 Å². The number of thioether (sulfide) groups is 2. The Bertz CT molecular complexity index is 705. The largest absolute Gasteiger partial charge is 0.352 e. The standard InChI is InChI=1S/C19H25N3OS2/c1-13(2)17-21-14(3)16(19(22-17)24-4)18(23)20-11-8-12-25-15-9-6-5-7-10-15/h5-7,9-10,13H,8,11-12H2,1-4H3,(H,20,23). The summed E-state index contributed by atoms with van der Waals surface area (Å²) >= 11 is 3.30. The van der Waals surface area contributed by atoms with Crippen molar-refractivity contribution in [1.82, 2.24) is 15.3 Å². The van der Waals surface area contributed by atoms with E-state index in [0.717, 1.165) is 28.7 Å². The molecule has 1 amide bonds. The Hall–Kier alpha value is -1.53. The van der Waals surface area contributed by atoms with E-state index in [1.54, 1.807) is 11.8 Å². The molecule has 0 spiro atoms. The van der Waals surface area contributed by atoms with E-state index >= 15 is 0 Å². The summed E-state index contributed by atoms with van der Waals surface area (Å²) in [5.74, 6) is 1.93. The van der Waals surface area contributed by atoms with E-state index in [1.807, 2.05) is 31.4 Å². The van der Waals surface area contributed by atoms with Crippen LogP contribution in [0.25, 0.3) is 0 Å². The van der Waals surface area contributed by atoms with E-state index < -0.39 is 0 Å². The molecule has 0 atom stereocenters. The number of rotatable bonds is 8. The van der Waals surface area contributed by atoms with Gasteiger partial charge in [-0.1, -0.05) is 32.0 Å². The van der Waals surface area contributed by atoms with Gasteiger partial charge in [-0.15, -0.1) is 23.5 Å². The predicted octanol–water partition coefficient (Wildman–Crippen LogP) is 4.54. The molecule has 25 heavy (non-hydrogen) atoms. The van der Waals surface area contributed by atoms with Crippen molar-refractivity contribution in [3.63, 3.8) is 0 Å². The molecule has 4 nitrogen and oxygen atoms in total. The molecule has 0 aliphatic rings. The van der Waals surface area contributed by atoms with Crippen molar-refractivity contribution in [3.8, 4) is 0 Å². The lowest BCUT2D eigenvalue weighted by Crippen LogP contribution is -2.27. The Labute approximate surface area is 158 Å². The fourth-order valence-electron chi connectivity index (χ4n) is 2.30. The first kappa shape index (κ1) is 19.8. The fourth-order valence-corrected chi connectivity index (χ4v) is 3.81. The first-order valence-corrected chi connectivity index (χ1v) is 10.6. The molecule has 0 bridgehead atoms. The number of hydrogen-bond acceptors (Lipinski definition) is 5. The number of hydrogen-bond donors (Lipinski definition) is 1. The number of amides is 1. The van der Waals surface area contributed by atoms with Gasteiger partial charge in [0.15, 0.2) is 0 Å². The topological polar surface area (TPSA) is 54.9 Å². The molecule has 0 unspecified atom stereocenters. The lowest BCUT2D eigenvalue weighted by atomic mass is 10.1. The van der Waals surface area contributed by atoms with Gasteiger partial charge in [-0.05, 0) is 37.5 Å². The highest BCUT2D eigenvalue weighted by Crippen LogP contribution is 2.23. The van der Waals surface area contributed by atoms with Crippen molar-refractivity contribution < 1.29 is 4.79 Å². The molecule has 0 saturated heterocycles. The van der Waals surface area contributed by atoms with E-state index in [-0.39, 0.29) is 11.8 Å². The monoisotopic (exact) mass is 375 g/mol. The summed E-state index contributed by atoms with van der Waals surface area (Å²) in [6.07, 6.45) is 2.86. The van der Waals surface area contributed by atoms with Gasteiger partial charge in [0.2, 0.25) is 0 Å². The lowest BCUT2D eigenvalue weighted by Gasteiger charge is -2.13. The van der Waals surface area contributed by atoms with Gasteiger partial charge in [0.1, 0.15) is 10.9 Å². The van der Waals surface area contributed by atoms with Crippen molar-refractivity contribution in [2.24, 2.45) is 0 Å². The molecule has 1 N–H and O–H groups in total. The zero-order chi connectivity index (χ0) is 18.2. The molecule has 0 radical (unpaired) electrons. The molecule has 1 aromatic carbocycles. The summed E-state index contributed by atoms with van der Waals surface area (Å²) in [6.45, 7) is 6.65. The molecule has 1 aromatic heterocycles. The smallest absolute Gasteiger partial charge is 0.255 e. The Morgan fingerprint density at radius 3 is 2.56 bits per heavy atom. The minimum Gasteiger partial charge on any atom is -0.352 e. The van der Waals surface area contributed by atoms with Gasteiger partial charge >= 0.3 is 0 Å². The van der Waals surface area contributed by atoms with Gasteiger partial charge in [0.25, 0.3) is 5.91 Å². The van der Waals surface area contributed by atoms with E-state index in [2.05, 4.69) is 41.3 Å². The molecule has 2 rings (SSSR count). The van der Waals surface area contributed by atoms with Crippen LogP contribution >= 0.6 is 23.5 Å². The van der Waals surface area contributed by atoms with Crippen LogP contribution in [0.1, 0.15) is 48.1 Å². The first-order valence-electron chi connectivity index (χ1n) is 8.41. The first-order chi connectivity index (χ1) is 12.0. The van der Waals surface area contributed by atoms with Crippen LogP contribution in [0.4, 0.5) is 0 Å². The highest BCUT2D eigenvalue weighted by Gasteiger charge is 2.18. The average Bonchev–Trinajstić information content (AvgIpc) is 2.61. The van der Waals surface area contributed by atoms with Crippen molar-refractivity contribution in [3.05, 3.63) is 47.4 Å². The maximum atomic E-state index is 12.5.